The minimum atomic E-state index is -0.266. The number of aryl methyl sites for hydroxylation is 1. The minimum absolute atomic E-state index is 0.0275. The first-order valence-corrected chi connectivity index (χ1v) is 9.19. The molecule has 2 aromatic rings. The van der Waals surface area contributed by atoms with Crippen LogP contribution in [0.2, 0.25) is 0 Å². The monoisotopic (exact) mass is 373 g/mol. The molecule has 6 nitrogen and oxygen atoms in total. The average Bonchev–Trinajstić information content (AvgIpc) is 3.04. The zero-order valence-corrected chi connectivity index (χ0v) is 15.8. The number of hydrogen-bond donors (Lipinski definition) is 1. The first-order chi connectivity index (χ1) is 12.6. The van der Waals surface area contributed by atoms with Crippen molar-refractivity contribution < 1.29 is 14.3 Å². The Morgan fingerprint density at radius 2 is 2.08 bits per heavy atom. The lowest BCUT2D eigenvalue weighted by Gasteiger charge is -2.20. The van der Waals surface area contributed by atoms with Gasteiger partial charge < -0.3 is 15.0 Å². The van der Waals surface area contributed by atoms with Gasteiger partial charge in [0.1, 0.15) is 6.54 Å². The number of nitrogens with one attached hydrogen (secondary N) is 1. The predicted molar refractivity (Wildman–Crippen MR) is 104 cm³/mol. The SMILES string of the molecule is COCCCN(CC(=O)Nc1nc(C)cs1)C(=O)C=Cc1ccccc1. The number of nitrogens with zero attached hydrogens (tertiary/aromatic N) is 2. The summed E-state index contributed by atoms with van der Waals surface area (Å²) in [5.41, 5.74) is 1.78. The van der Waals surface area contributed by atoms with Gasteiger partial charge in [-0.2, -0.15) is 0 Å². The maximum absolute atomic E-state index is 12.5. The van der Waals surface area contributed by atoms with Crippen LogP contribution in [0, 0.1) is 6.92 Å². The van der Waals surface area contributed by atoms with Crippen molar-refractivity contribution in [1.29, 1.82) is 0 Å². The molecule has 0 aliphatic carbocycles. The molecule has 7 heteroatoms. The Morgan fingerprint density at radius 1 is 1.31 bits per heavy atom. The van der Waals surface area contributed by atoms with Crippen molar-refractivity contribution in [3.63, 3.8) is 0 Å². The second kappa shape index (κ2) is 10.5. The van der Waals surface area contributed by atoms with Gasteiger partial charge in [-0.15, -0.1) is 11.3 Å². The van der Waals surface area contributed by atoms with Crippen molar-refractivity contribution >= 4 is 34.4 Å². The summed E-state index contributed by atoms with van der Waals surface area (Å²) < 4.78 is 5.04. The molecule has 0 radical (unpaired) electrons. The van der Waals surface area contributed by atoms with Gasteiger partial charge in [0.25, 0.3) is 0 Å². The van der Waals surface area contributed by atoms with Gasteiger partial charge in [0.05, 0.1) is 5.69 Å². The van der Waals surface area contributed by atoms with Gasteiger partial charge in [0.15, 0.2) is 5.13 Å². The number of rotatable bonds is 9. The molecule has 0 saturated carbocycles. The number of aromatic nitrogens is 1. The van der Waals surface area contributed by atoms with Gasteiger partial charge in [-0.25, -0.2) is 4.98 Å². The molecule has 0 aliphatic heterocycles. The number of carbonyl (C=O) groups excluding carboxylic acids is 2. The molecule has 0 saturated heterocycles. The first-order valence-electron chi connectivity index (χ1n) is 8.31. The van der Waals surface area contributed by atoms with Crippen LogP contribution in [0.5, 0.6) is 0 Å². The molecule has 0 atom stereocenters. The Hall–Kier alpha value is -2.51. The second-order valence-corrected chi connectivity index (χ2v) is 6.55. The van der Waals surface area contributed by atoms with Crippen molar-refractivity contribution in [2.24, 2.45) is 0 Å². The number of methoxy groups -OCH3 is 1. The van der Waals surface area contributed by atoms with Crippen molar-refractivity contribution in [3.8, 4) is 0 Å². The van der Waals surface area contributed by atoms with Crippen molar-refractivity contribution in [2.75, 3.05) is 32.1 Å². The van der Waals surface area contributed by atoms with Crippen LogP contribution in [0.3, 0.4) is 0 Å². The lowest BCUT2D eigenvalue weighted by Crippen LogP contribution is -2.38. The normalized spacial score (nSPS) is 10.8. The Kier molecular flexibility index (Phi) is 7.98. The van der Waals surface area contributed by atoms with E-state index in [4.69, 9.17) is 4.74 Å². The van der Waals surface area contributed by atoms with Crippen LogP contribution >= 0.6 is 11.3 Å². The largest absolute Gasteiger partial charge is 0.385 e. The van der Waals surface area contributed by atoms with Crippen molar-refractivity contribution in [2.45, 2.75) is 13.3 Å². The van der Waals surface area contributed by atoms with Crippen LogP contribution in [0.25, 0.3) is 6.08 Å². The van der Waals surface area contributed by atoms with E-state index in [2.05, 4.69) is 10.3 Å². The van der Waals surface area contributed by atoms with Gasteiger partial charge in [-0.3, -0.25) is 9.59 Å². The van der Waals surface area contributed by atoms with Crippen LogP contribution in [0.15, 0.2) is 41.8 Å². The molecule has 1 aromatic heterocycles. The number of thiazole rings is 1. The fourth-order valence-electron chi connectivity index (χ4n) is 2.25. The number of ether oxygens (including phenoxy) is 1. The predicted octanol–water partition coefficient (Wildman–Crippen LogP) is 2.97. The number of anilines is 1. The lowest BCUT2D eigenvalue weighted by molar-refractivity contribution is -0.130. The molecule has 1 N–H and O–H groups in total. The third kappa shape index (κ3) is 6.78. The molecule has 0 unspecified atom stereocenters. The van der Waals surface area contributed by atoms with Gasteiger partial charge in [0.2, 0.25) is 11.8 Å². The van der Waals surface area contributed by atoms with E-state index < -0.39 is 0 Å². The third-order valence-corrected chi connectivity index (χ3v) is 4.38. The standard InChI is InChI=1S/C19H23N3O3S/c1-15-14-26-19(20-15)21-17(23)13-22(11-6-12-25-2)18(24)10-9-16-7-4-3-5-8-16/h3-5,7-10,14H,6,11-13H2,1-2H3,(H,20,21,23). The summed E-state index contributed by atoms with van der Waals surface area (Å²) in [7, 11) is 1.61. The van der Waals surface area contributed by atoms with Gasteiger partial charge >= 0.3 is 0 Å². The van der Waals surface area contributed by atoms with E-state index in [1.807, 2.05) is 42.6 Å². The Bertz CT molecular complexity index is 743. The molecule has 0 spiro atoms. The van der Waals surface area contributed by atoms with Crippen LogP contribution < -0.4 is 5.32 Å². The fraction of sp³-hybridized carbons (Fsp3) is 0.316. The summed E-state index contributed by atoms with van der Waals surface area (Å²) in [6, 6.07) is 9.56. The van der Waals surface area contributed by atoms with Crippen LogP contribution in [-0.2, 0) is 14.3 Å². The van der Waals surface area contributed by atoms with Crippen molar-refractivity contribution in [1.82, 2.24) is 9.88 Å². The van der Waals surface area contributed by atoms with Gasteiger partial charge in [0, 0.05) is 31.7 Å². The van der Waals surface area contributed by atoms with E-state index in [0.29, 0.717) is 24.7 Å². The molecule has 2 amide bonds. The average molecular weight is 373 g/mol. The molecule has 26 heavy (non-hydrogen) atoms. The van der Waals surface area contributed by atoms with Crippen LogP contribution in [0.4, 0.5) is 5.13 Å². The van der Waals surface area contributed by atoms with Crippen molar-refractivity contribution in [3.05, 3.63) is 53.0 Å². The molecule has 0 aliphatic rings. The lowest BCUT2D eigenvalue weighted by atomic mass is 10.2. The van der Waals surface area contributed by atoms with E-state index in [9.17, 15) is 9.59 Å². The summed E-state index contributed by atoms with van der Waals surface area (Å²) in [4.78, 5) is 30.5. The topological polar surface area (TPSA) is 71.5 Å². The van der Waals surface area contributed by atoms with Crippen LogP contribution in [-0.4, -0.2) is 48.5 Å². The molecular formula is C19H23N3O3S. The second-order valence-electron chi connectivity index (χ2n) is 5.69. The smallest absolute Gasteiger partial charge is 0.247 e. The summed E-state index contributed by atoms with van der Waals surface area (Å²) >= 11 is 1.36. The van der Waals surface area contributed by atoms with Gasteiger partial charge in [-0.1, -0.05) is 30.3 Å². The minimum Gasteiger partial charge on any atom is -0.385 e. The highest BCUT2D eigenvalue weighted by atomic mass is 32.1. The summed E-state index contributed by atoms with van der Waals surface area (Å²) in [5.74, 6) is -0.478. The van der Waals surface area contributed by atoms with E-state index in [-0.39, 0.29) is 18.4 Å². The van der Waals surface area contributed by atoms with E-state index in [1.165, 1.54) is 22.3 Å². The molecule has 1 aromatic carbocycles. The Morgan fingerprint density at radius 3 is 2.73 bits per heavy atom. The molecule has 1 heterocycles. The van der Waals surface area contributed by atoms with E-state index >= 15 is 0 Å². The summed E-state index contributed by atoms with van der Waals surface area (Å²) in [5, 5.41) is 5.13. The molecule has 0 fully saturated rings. The Labute approximate surface area is 157 Å². The maximum atomic E-state index is 12.5. The van der Waals surface area contributed by atoms with E-state index in [1.54, 1.807) is 13.2 Å². The highest BCUT2D eigenvalue weighted by Crippen LogP contribution is 2.14. The zero-order chi connectivity index (χ0) is 18.8. The third-order valence-electron chi connectivity index (χ3n) is 3.51. The van der Waals surface area contributed by atoms with Gasteiger partial charge in [-0.05, 0) is 25.0 Å². The zero-order valence-electron chi connectivity index (χ0n) is 15.0. The van der Waals surface area contributed by atoms with E-state index in [0.717, 1.165) is 11.3 Å². The maximum Gasteiger partial charge on any atom is 0.247 e. The summed E-state index contributed by atoms with van der Waals surface area (Å²) in [6.07, 6.45) is 3.89. The molecular weight excluding hydrogens is 350 g/mol. The molecule has 2 rings (SSSR count). The molecule has 0 bridgehead atoms. The highest BCUT2D eigenvalue weighted by Gasteiger charge is 2.16. The number of amides is 2. The first kappa shape index (κ1) is 19.8. The highest BCUT2D eigenvalue weighted by molar-refractivity contribution is 7.13. The fourth-order valence-corrected chi connectivity index (χ4v) is 2.95. The molecule has 138 valence electrons. The number of benzene rings is 1. The Balaban J connectivity index is 1.98. The quantitative estimate of drug-likeness (QED) is 0.542. The summed E-state index contributed by atoms with van der Waals surface area (Å²) in [6.45, 7) is 2.80. The number of carbonyl (C=O) groups is 2. The number of hydrogen-bond acceptors (Lipinski definition) is 5. The van der Waals surface area contributed by atoms with Crippen LogP contribution in [0.1, 0.15) is 17.7 Å².